The van der Waals surface area contributed by atoms with Crippen molar-refractivity contribution in [1.29, 1.82) is 0 Å². The Morgan fingerprint density at radius 1 is 0.762 bits per heavy atom. The number of likely N-dealkylation sites (N-methyl/N-ethyl adjacent to an activating group) is 1. The average Bonchev–Trinajstić information content (AvgIpc) is 3.96. The number of nitrogens with zero attached hydrogens (tertiary/aromatic N) is 3. The second-order valence-electron chi connectivity index (χ2n) is 17.2. The molecule has 4 fully saturated rings. The van der Waals surface area contributed by atoms with E-state index in [1.807, 2.05) is 97.9 Å². The number of ether oxygens (including phenoxy) is 1. The van der Waals surface area contributed by atoms with E-state index < -0.39 is 18.1 Å². The molecule has 0 spiro atoms. The Labute approximate surface area is 371 Å². The molecule has 14 heteroatoms. The summed E-state index contributed by atoms with van der Waals surface area (Å²) in [6.07, 6.45) is 6.45. The molecular weight excluding hydrogens is 799 g/mol. The van der Waals surface area contributed by atoms with Crippen molar-refractivity contribution in [3.63, 3.8) is 0 Å². The lowest BCUT2D eigenvalue weighted by molar-refractivity contribution is -0.153. The topological polar surface area (TPSA) is 169 Å². The number of hydrogen-bond donors (Lipinski definition) is 4. The van der Waals surface area contributed by atoms with E-state index in [1.165, 1.54) is 7.11 Å². The number of benzene rings is 3. The van der Waals surface area contributed by atoms with E-state index in [9.17, 15) is 28.8 Å². The van der Waals surface area contributed by atoms with Gasteiger partial charge in [-0.2, -0.15) is 0 Å². The Morgan fingerprint density at radius 2 is 1.33 bits per heavy atom. The molecule has 338 valence electrons. The van der Waals surface area contributed by atoms with Crippen LogP contribution in [0, 0.1) is 5.92 Å². The highest BCUT2D eigenvalue weighted by atomic mass is 16.5. The molecular formula is C49H65N7O7. The summed E-state index contributed by atoms with van der Waals surface area (Å²) in [5, 5.41) is 12.4. The molecule has 4 aliphatic rings. The normalized spacial score (nSPS) is 24.4. The zero-order chi connectivity index (χ0) is 44.9. The number of hydrogen-bond acceptors (Lipinski definition) is 9. The second-order valence-corrected chi connectivity index (χ2v) is 17.2. The minimum atomic E-state index is -0.985. The first-order valence-electron chi connectivity index (χ1n) is 22.6. The highest BCUT2D eigenvalue weighted by Crippen LogP contribution is 2.32. The lowest BCUT2D eigenvalue weighted by Gasteiger charge is -2.34. The monoisotopic (exact) mass is 863 g/mol. The molecule has 0 bridgehead atoms. The van der Waals surface area contributed by atoms with E-state index in [0.717, 1.165) is 48.9 Å². The molecule has 3 aromatic rings. The molecule has 4 heterocycles. The van der Waals surface area contributed by atoms with Crippen molar-refractivity contribution in [2.45, 2.75) is 114 Å². The van der Waals surface area contributed by atoms with Gasteiger partial charge in [0.15, 0.2) is 0 Å². The SMILES string of the molecule is CN[C@@H](C)C(=O)N[C@H]1CN(C(=O)Cc2ccccc2)CCC[C@H]2CC[C@@H](C(=O)NC(c3ccccc3)c3ccccc3)N2C1=O.COC(=O)[C@@H]1CC[C@@H]2CCCNC[C@H](C)C(=O)N21. The van der Waals surface area contributed by atoms with E-state index in [2.05, 4.69) is 21.3 Å². The average molecular weight is 864 g/mol. The predicted molar refractivity (Wildman–Crippen MR) is 240 cm³/mol. The van der Waals surface area contributed by atoms with Crippen molar-refractivity contribution in [3.05, 3.63) is 108 Å². The molecule has 0 unspecified atom stereocenters. The molecule has 14 nitrogen and oxygen atoms in total. The summed E-state index contributed by atoms with van der Waals surface area (Å²) in [5.74, 6) is -1.25. The Balaban J connectivity index is 0.000000305. The molecule has 4 N–H and O–H groups in total. The maximum absolute atomic E-state index is 14.4. The van der Waals surface area contributed by atoms with Gasteiger partial charge in [0.1, 0.15) is 18.1 Å². The maximum atomic E-state index is 14.4. The minimum Gasteiger partial charge on any atom is -0.467 e. The van der Waals surface area contributed by atoms with Gasteiger partial charge in [0.05, 0.1) is 25.6 Å². The lowest BCUT2D eigenvalue weighted by Crippen LogP contribution is -2.60. The predicted octanol–water partition coefficient (Wildman–Crippen LogP) is 3.75. The van der Waals surface area contributed by atoms with Crippen LogP contribution >= 0.6 is 0 Å². The second kappa shape index (κ2) is 22.7. The third kappa shape index (κ3) is 11.9. The zero-order valence-corrected chi connectivity index (χ0v) is 37.2. The van der Waals surface area contributed by atoms with Crippen LogP contribution in [0.3, 0.4) is 0 Å². The molecule has 0 radical (unpaired) electrons. The van der Waals surface area contributed by atoms with Crippen LogP contribution in [0.4, 0.5) is 0 Å². The number of fused-ring (bicyclic) bond motifs is 2. The van der Waals surface area contributed by atoms with Crippen LogP contribution in [0.25, 0.3) is 0 Å². The van der Waals surface area contributed by atoms with Crippen molar-refractivity contribution < 1.29 is 33.5 Å². The first kappa shape index (κ1) is 46.9. The van der Waals surface area contributed by atoms with Crippen LogP contribution in [0.15, 0.2) is 91.0 Å². The number of amides is 5. The molecule has 7 atom stereocenters. The molecule has 7 rings (SSSR count). The summed E-state index contributed by atoms with van der Waals surface area (Å²) >= 11 is 0. The fourth-order valence-electron chi connectivity index (χ4n) is 9.37. The Hall–Kier alpha value is -5.60. The Bertz CT molecular complexity index is 1960. The van der Waals surface area contributed by atoms with Gasteiger partial charge in [-0.3, -0.25) is 24.0 Å². The van der Waals surface area contributed by atoms with E-state index in [-0.39, 0.29) is 78.6 Å². The third-order valence-corrected chi connectivity index (χ3v) is 13.0. The molecule has 3 aromatic carbocycles. The first-order chi connectivity index (χ1) is 30.5. The number of methoxy groups -OCH3 is 1. The smallest absolute Gasteiger partial charge is 0.328 e. The lowest BCUT2D eigenvalue weighted by atomic mass is 9.98. The summed E-state index contributed by atoms with van der Waals surface area (Å²) in [6, 6.07) is 26.2. The van der Waals surface area contributed by atoms with Gasteiger partial charge in [0, 0.05) is 37.6 Å². The summed E-state index contributed by atoms with van der Waals surface area (Å²) in [5.41, 5.74) is 2.78. The van der Waals surface area contributed by atoms with Gasteiger partial charge >= 0.3 is 5.97 Å². The minimum absolute atomic E-state index is 0.0425. The van der Waals surface area contributed by atoms with Gasteiger partial charge in [-0.25, -0.2) is 4.79 Å². The maximum Gasteiger partial charge on any atom is 0.328 e. The summed E-state index contributed by atoms with van der Waals surface area (Å²) in [6.45, 7) is 5.79. The van der Waals surface area contributed by atoms with Crippen molar-refractivity contribution >= 4 is 35.5 Å². The summed E-state index contributed by atoms with van der Waals surface area (Å²) in [4.78, 5) is 84.5. The molecule has 4 aliphatic heterocycles. The van der Waals surface area contributed by atoms with Crippen LogP contribution in [0.1, 0.15) is 87.9 Å². The molecule has 0 aliphatic carbocycles. The number of carbonyl (C=O) groups excluding carboxylic acids is 6. The molecule has 0 saturated carbocycles. The first-order valence-corrected chi connectivity index (χ1v) is 22.6. The van der Waals surface area contributed by atoms with Gasteiger partial charge < -0.3 is 40.7 Å². The van der Waals surface area contributed by atoms with Crippen molar-refractivity contribution in [3.8, 4) is 0 Å². The molecule has 5 amide bonds. The number of rotatable bonds is 10. The number of nitrogens with one attached hydrogen (secondary N) is 4. The van der Waals surface area contributed by atoms with Crippen LogP contribution in [0.2, 0.25) is 0 Å². The standard InChI is InChI=1S/C36H43N5O4.C13H22N2O3/c1-25(37-2)34(43)38-30-24-40(32(42)23-26-13-6-3-7-14-26)22-12-19-29-20-21-31(41(29)36(30)45)35(44)39-33(27-15-8-4-9-16-27)28-17-10-5-11-18-28;1-9-8-14-7-3-4-10-5-6-11(13(17)18-2)15(10)12(9)16/h3-11,13-18,25,29-31,33,37H,12,19-24H2,1-2H3,(H,38,43)(H,39,44);9-11,14H,3-8H2,1-2H3/t25-,29-,30-,31-;9-,10-,11-/m00/s1. The number of carbonyl (C=O) groups is 6. The highest BCUT2D eigenvalue weighted by molar-refractivity contribution is 5.94. The van der Waals surface area contributed by atoms with Crippen LogP contribution in [0.5, 0.6) is 0 Å². The van der Waals surface area contributed by atoms with Gasteiger partial charge in [-0.15, -0.1) is 0 Å². The molecule has 63 heavy (non-hydrogen) atoms. The fourth-order valence-corrected chi connectivity index (χ4v) is 9.37. The van der Waals surface area contributed by atoms with Crippen LogP contribution in [-0.4, -0.2) is 127 Å². The molecule has 4 saturated heterocycles. The van der Waals surface area contributed by atoms with Gasteiger partial charge in [0.25, 0.3) is 0 Å². The zero-order valence-electron chi connectivity index (χ0n) is 37.2. The van der Waals surface area contributed by atoms with Crippen molar-refractivity contribution in [1.82, 2.24) is 36.0 Å². The van der Waals surface area contributed by atoms with Gasteiger partial charge in [-0.1, -0.05) is 97.9 Å². The van der Waals surface area contributed by atoms with E-state index in [1.54, 1.807) is 28.7 Å². The summed E-state index contributed by atoms with van der Waals surface area (Å²) in [7, 11) is 3.07. The van der Waals surface area contributed by atoms with Gasteiger partial charge in [0.2, 0.25) is 29.5 Å². The number of esters is 1. The van der Waals surface area contributed by atoms with E-state index in [4.69, 9.17) is 4.74 Å². The van der Waals surface area contributed by atoms with E-state index in [0.29, 0.717) is 38.8 Å². The Kier molecular flexibility index (Phi) is 16.9. The molecule has 0 aromatic heterocycles. The highest BCUT2D eigenvalue weighted by Gasteiger charge is 2.46. The summed E-state index contributed by atoms with van der Waals surface area (Å²) < 4.78 is 4.82. The Morgan fingerprint density at radius 3 is 1.94 bits per heavy atom. The quantitative estimate of drug-likeness (QED) is 0.222. The largest absolute Gasteiger partial charge is 0.467 e. The fraction of sp³-hybridized carbons (Fsp3) is 0.510. The van der Waals surface area contributed by atoms with E-state index >= 15 is 0 Å². The van der Waals surface area contributed by atoms with Crippen molar-refractivity contribution in [2.75, 3.05) is 40.3 Å². The van der Waals surface area contributed by atoms with Gasteiger partial charge in [-0.05, 0) is 88.6 Å². The van der Waals surface area contributed by atoms with Crippen molar-refractivity contribution in [2.24, 2.45) is 5.92 Å². The third-order valence-electron chi connectivity index (χ3n) is 13.0. The van der Waals surface area contributed by atoms with Crippen LogP contribution in [-0.2, 0) is 39.9 Å². The van der Waals surface area contributed by atoms with Crippen LogP contribution < -0.4 is 21.3 Å².